The van der Waals surface area contributed by atoms with E-state index in [1.807, 2.05) is 12.1 Å². The Bertz CT molecular complexity index is 535. The molecule has 0 bridgehead atoms. The molecule has 2 rings (SSSR count). The predicted molar refractivity (Wildman–Crippen MR) is 79.4 cm³/mol. The highest BCUT2D eigenvalue weighted by molar-refractivity contribution is 5.81. The van der Waals surface area contributed by atoms with E-state index in [1.54, 1.807) is 0 Å². The van der Waals surface area contributed by atoms with Crippen molar-refractivity contribution in [2.75, 3.05) is 0 Å². The highest BCUT2D eigenvalue weighted by Crippen LogP contribution is 2.09. The molecule has 0 amide bonds. The maximum Gasteiger partial charge on any atom is 0.137 e. The van der Waals surface area contributed by atoms with Crippen LogP contribution < -0.4 is 0 Å². The van der Waals surface area contributed by atoms with E-state index in [-0.39, 0.29) is 0 Å². The van der Waals surface area contributed by atoms with Crippen molar-refractivity contribution in [2.24, 2.45) is 0 Å². The van der Waals surface area contributed by atoms with Gasteiger partial charge in [0.2, 0.25) is 0 Å². The number of Topliss-reactive ketones (excluding diaryl/α,β-unsaturated/α-hetero) is 1. The molecule has 0 fully saturated rings. The molecule has 1 nitrogen and oxygen atoms in total. The highest BCUT2D eigenvalue weighted by atomic mass is 16.1. The quantitative estimate of drug-likeness (QED) is 0.784. The number of benzene rings is 2. The number of carbonyl (C=O) groups excluding carboxylic acids is 1. The second kappa shape index (κ2) is 6.33. The monoisotopic (exact) mass is 252 g/mol. The van der Waals surface area contributed by atoms with Crippen LogP contribution in [-0.2, 0) is 17.6 Å². The summed E-state index contributed by atoms with van der Waals surface area (Å²) >= 11 is 0. The molecule has 0 unspecified atom stereocenters. The van der Waals surface area contributed by atoms with Gasteiger partial charge in [-0.2, -0.15) is 0 Å². The van der Waals surface area contributed by atoms with Crippen LogP contribution in [0, 0.1) is 13.8 Å². The summed E-state index contributed by atoms with van der Waals surface area (Å²) in [6.45, 7) is 4.13. The Morgan fingerprint density at radius 1 is 0.789 bits per heavy atom. The number of hydrogen-bond donors (Lipinski definition) is 0. The summed E-state index contributed by atoms with van der Waals surface area (Å²) in [4.78, 5) is 11.9. The van der Waals surface area contributed by atoms with Crippen LogP contribution in [0.4, 0.5) is 0 Å². The molecule has 0 aromatic heterocycles. The van der Waals surface area contributed by atoms with Crippen LogP contribution >= 0.6 is 0 Å². The third kappa shape index (κ3) is 4.36. The first-order chi connectivity index (χ1) is 9.13. The average molecular weight is 252 g/mol. The Balaban J connectivity index is 1.84. The van der Waals surface area contributed by atoms with E-state index in [0.717, 1.165) is 12.0 Å². The Hall–Kier alpha value is -1.89. The lowest BCUT2D eigenvalue weighted by atomic mass is 10.0. The fourth-order valence-corrected chi connectivity index (χ4v) is 2.06. The first-order valence-corrected chi connectivity index (χ1v) is 6.76. The lowest BCUT2D eigenvalue weighted by Gasteiger charge is -2.03. The maximum absolute atomic E-state index is 11.9. The maximum atomic E-state index is 11.9. The SMILES string of the molecule is Cc1ccc(CCC(=O)Cc2ccc(C)cc2)cc1. The minimum absolute atomic E-state index is 0.310. The number of hydrogen-bond acceptors (Lipinski definition) is 1. The zero-order valence-corrected chi connectivity index (χ0v) is 11.6. The molecular formula is C18H20O. The molecule has 0 saturated carbocycles. The van der Waals surface area contributed by atoms with Gasteiger partial charge in [0.15, 0.2) is 0 Å². The zero-order chi connectivity index (χ0) is 13.7. The van der Waals surface area contributed by atoms with Crippen molar-refractivity contribution in [3.05, 3.63) is 70.8 Å². The molecule has 1 heteroatoms. The van der Waals surface area contributed by atoms with Crippen molar-refractivity contribution in [3.63, 3.8) is 0 Å². The Kier molecular flexibility index (Phi) is 4.51. The van der Waals surface area contributed by atoms with Gasteiger partial charge in [-0.3, -0.25) is 4.79 Å². The molecule has 0 spiro atoms. The lowest BCUT2D eigenvalue weighted by molar-refractivity contribution is -0.118. The minimum atomic E-state index is 0.310. The van der Waals surface area contributed by atoms with E-state index >= 15 is 0 Å². The number of ketones is 1. The fourth-order valence-electron chi connectivity index (χ4n) is 2.06. The van der Waals surface area contributed by atoms with Gasteiger partial charge in [0.05, 0.1) is 0 Å². The van der Waals surface area contributed by atoms with Crippen LogP contribution in [-0.4, -0.2) is 5.78 Å². The molecule has 0 aliphatic carbocycles. The van der Waals surface area contributed by atoms with Gasteiger partial charge in [-0.15, -0.1) is 0 Å². The second-order valence-electron chi connectivity index (χ2n) is 5.19. The van der Waals surface area contributed by atoms with Gasteiger partial charge in [0.25, 0.3) is 0 Å². The van der Waals surface area contributed by atoms with Crippen LogP contribution in [0.3, 0.4) is 0 Å². The van der Waals surface area contributed by atoms with E-state index in [4.69, 9.17) is 0 Å². The lowest BCUT2D eigenvalue weighted by Crippen LogP contribution is -2.04. The van der Waals surface area contributed by atoms with Gasteiger partial charge in [0, 0.05) is 12.8 Å². The van der Waals surface area contributed by atoms with Gasteiger partial charge in [-0.05, 0) is 31.4 Å². The largest absolute Gasteiger partial charge is 0.299 e. The first kappa shape index (κ1) is 13.5. The summed E-state index contributed by atoms with van der Waals surface area (Å²) in [5, 5.41) is 0. The van der Waals surface area contributed by atoms with E-state index in [9.17, 15) is 4.79 Å². The average Bonchev–Trinajstić information content (AvgIpc) is 2.41. The summed E-state index contributed by atoms with van der Waals surface area (Å²) in [5.41, 5.74) is 4.84. The minimum Gasteiger partial charge on any atom is -0.299 e. The van der Waals surface area contributed by atoms with E-state index < -0.39 is 0 Å². The smallest absolute Gasteiger partial charge is 0.137 e. The predicted octanol–water partition coefficient (Wildman–Crippen LogP) is 4.05. The van der Waals surface area contributed by atoms with Crippen LogP contribution in [0.15, 0.2) is 48.5 Å². The van der Waals surface area contributed by atoms with Crippen molar-refractivity contribution in [2.45, 2.75) is 33.1 Å². The number of aryl methyl sites for hydroxylation is 3. The molecule has 2 aromatic carbocycles. The zero-order valence-electron chi connectivity index (χ0n) is 11.6. The van der Waals surface area contributed by atoms with Crippen molar-refractivity contribution >= 4 is 5.78 Å². The van der Waals surface area contributed by atoms with Crippen molar-refractivity contribution < 1.29 is 4.79 Å². The van der Waals surface area contributed by atoms with Crippen LogP contribution in [0.2, 0.25) is 0 Å². The molecular weight excluding hydrogens is 232 g/mol. The third-order valence-electron chi connectivity index (χ3n) is 3.34. The van der Waals surface area contributed by atoms with Gasteiger partial charge >= 0.3 is 0 Å². The van der Waals surface area contributed by atoms with Gasteiger partial charge in [-0.25, -0.2) is 0 Å². The molecule has 0 radical (unpaired) electrons. The van der Waals surface area contributed by atoms with Crippen LogP contribution in [0.5, 0.6) is 0 Å². The van der Waals surface area contributed by atoms with Crippen molar-refractivity contribution in [3.8, 4) is 0 Å². The standard InChI is InChI=1S/C18H20O/c1-14-3-7-16(8-4-14)11-12-18(19)13-17-9-5-15(2)6-10-17/h3-10H,11-13H2,1-2H3. The van der Waals surface area contributed by atoms with Gasteiger partial charge < -0.3 is 0 Å². The van der Waals surface area contributed by atoms with Crippen LogP contribution in [0.25, 0.3) is 0 Å². The summed E-state index contributed by atoms with van der Waals surface area (Å²) in [6.07, 6.45) is 2.01. The van der Waals surface area contributed by atoms with E-state index in [1.165, 1.54) is 16.7 Å². The van der Waals surface area contributed by atoms with Crippen molar-refractivity contribution in [1.29, 1.82) is 0 Å². The van der Waals surface area contributed by atoms with Gasteiger partial charge in [0.1, 0.15) is 5.78 Å². The summed E-state index contributed by atoms with van der Waals surface area (Å²) in [6, 6.07) is 16.6. The highest BCUT2D eigenvalue weighted by Gasteiger charge is 2.04. The van der Waals surface area contributed by atoms with E-state index in [0.29, 0.717) is 18.6 Å². The summed E-state index contributed by atoms with van der Waals surface area (Å²) in [7, 11) is 0. The second-order valence-corrected chi connectivity index (χ2v) is 5.19. The normalized spacial score (nSPS) is 10.4. The molecule has 0 aliphatic heterocycles. The molecule has 0 atom stereocenters. The molecule has 0 saturated heterocycles. The Morgan fingerprint density at radius 2 is 1.26 bits per heavy atom. The molecule has 19 heavy (non-hydrogen) atoms. The number of carbonyl (C=O) groups is 1. The summed E-state index contributed by atoms with van der Waals surface area (Å²) < 4.78 is 0. The first-order valence-electron chi connectivity index (χ1n) is 6.76. The Labute approximate surface area is 115 Å². The summed E-state index contributed by atoms with van der Waals surface area (Å²) in [5.74, 6) is 0.310. The topological polar surface area (TPSA) is 17.1 Å². The Morgan fingerprint density at radius 3 is 1.79 bits per heavy atom. The molecule has 0 heterocycles. The van der Waals surface area contributed by atoms with Gasteiger partial charge in [-0.1, -0.05) is 59.7 Å². The fraction of sp³-hybridized carbons (Fsp3) is 0.278. The van der Waals surface area contributed by atoms with Crippen molar-refractivity contribution in [1.82, 2.24) is 0 Å². The molecule has 2 aromatic rings. The molecule has 98 valence electrons. The van der Waals surface area contributed by atoms with E-state index in [2.05, 4.69) is 50.2 Å². The van der Waals surface area contributed by atoms with Crippen LogP contribution in [0.1, 0.15) is 28.7 Å². The number of rotatable bonds is 5. The third-order valence-corrected chi connectivity index (χ3v) is 3.34. The molecule has 0 aliphatic rings. The molecule has 0 N–H and O–H groups in total.